The highest BCUT2D eigenvalue weighted by Crippen LogP contribution is 2.38. The molecule has 0 bridgehead atoms. The fraction of sp³-hybridized carbons (Fsp3) is 0.500. The first-order valence-corrected chi connectivity index (χ1v) is 5.50. The Hall–Kier alpha value is -1.50. The Bertz CT molecular complexity index is 373. The molecule has 2 unspecified atom stereocenters. The van der Waals surface area contributed by atoms with Crippen LogP contribution >= 0.6 is 0 Å². The SMILES string of the molecule is COc1cc(OC)c(C(N)C(N)CO)c(OC)c1. The molecule has 0 aliphatic rings. The van der Waals surface area contributed by atoms with Gasteiger partial charge in [0.2, 0.25) is 0 Å². The summed E-state index contributed by atoms with van der Waals surface area (Å²) in [5.74, 6) is 1.63. The van der Waals surface area contributed by atoms with Crippen LogP contribution in [0.25, 0.3) is 0 Å². The molecule has 6 nitrogen and oxygen atoms in total. The summed E-state index contributed by atoms with van der Waals surface area (Å²) in [6, 6.07) is 2.20. The van der Waals surface area contributed by atoms with Gasteiger partial charge in [0.25, 0.3) is 0 Å². The molecule has 0 aliphatic carbocycles. The van der Waals surface area contributed by atoms with Crippen LogP contribution in [-0.2, 0) is 0 Å². The minimum atomic E-state index is -0.596. The Balaban J connectivity index is 3.30. The summed E-state index contributed by atoms with van der Waals surface area (Å²) in [4.78, 5) is 0. The van der Waals surface area contributed by atoms with Gasteiger partial charge in [0.1, 0.15) is 17.2 Å². The van der Waals surface area contributed by atoms with E-state index in [2.05, 4.69) is 0 Å². The first-order valence-electron chi connectivity index (χ1n) is 5.50. The molecule has 1 rings (SSSR count). The van der Waals surface area contributed by atoms with Crippen LogP contribution in [-0.4, -0.2) is 39.1 Å². The van der Waals surface area contributed by atoms with Gasteiger partial charge in [0.15, 0.2) is 0 Å². The highest BCUT2D eigenvalue weighted by Gasteiger charge is 2.24. The quantitative estimate of drug-likeness (QED) is 0.664. The molecule has 0 heterocycles. The van der Waals surface area contributed by atoms with Crippen molar-refractivity contribution in [2.24, 2.45) is 11.5 Å². The van der Waals surface area contributed by atoms with Crippen molar-refractivity contribution in [2.45, 2.75) is 12.1 Å². The third-order valence-electron chi connectivity index (χ3n) is 2.76. The number of hydrogen-bond donors (Lipinski definition) is 3. The van der Waals surface area contributed by atoms with Gasteiger partial charge in [-0.1, -0.05) is 0 Å². The van der Waals surface area contributed by atoms with E-state index in [9.17, 15) is 0 Å². The summed E-state index contributed by atoms with van der Waals surface area (Å²) in [6.07, 6.45) is 0. The van der Waals surface area contributed by atoms with Crippen LogP contribution < -0.4 is 25.7 Å². The standard InChI is InChI=1S/C12H20N2O4/c1-16-7-4-9(17-2)11(10(5-7)18-3)12(14)8(13)6-15/h4-5,8,12,15H,6,13-14H2,1-3H3. The Morgan fingerprint density at radius 1 is 1.06 bits per heavy atom. The zero-order chi connectivity index (χ0) is 13.7. The predicted octanol–water partition coefficient (Wildman–Crippen LogP) is 0.0318. The van der Waals surface area contributed by atoms with Crippen molar-refractivity contribution in [2.75, 3.05) is 27.9 Å². The Labute approximate surface area is 106 Å². The molecule has 5 N–H and O–H groups in total. The number of nitrogens with two attached hydrogens (primary N) is 2. The number of aliphatic hydroxyl groups excluding tert-OH is 1. The molecule has 1 aromatic carbocycles. The largest absolute Gasteiger partial charge is 0.496 e. The third kappa shape index (κ3) is 2.84. The zero-order valence-electron chi connectivity index (χ0n) is 10.8. The van der Waals surface area contributed by atoms with E-state index in [0.29, 0.717) is 22.8 Å². The average Bonchev–Trinajstić information content (AvgIpc) is 2.43. The molecule has 0 amide bonds. The Kier molecular flexibility index (Phi) is 5.21. The molecule has 0 fully saturated rings. The van der Waals surface area contributed by atoms with Gasteiger partial charge in [-0.05, 0) is 0 Å². The molecule has 0 saturated heterocycles. The summed E-state index contributed by atoms with van der Waals surface area (Å²) in [5.41, 5.74) is 12.4. The highest BCUT2D eigenvalue weighted by molar-refractivity contribution is 5.52. The van der Waals surface area contributed by atoms with Crippen molar-refractivity contribution in [1.82, 2.24) is 0 Å². The number of hydrogen-bond acceptors (Lipinski definition) is 6. The average molecular weight is 256 g/mol. The summed E-state index contributed by atoms with van der Waals surface area (Å²) in [6.45, 7) is -0.223. The first-order chi connectivity index (χ1) is 8.58. The topological polar surface area (TPSA) is 100.0 Å². The first kappa shape index (κ1) is 14.6. The molecular formula is C12H20N2O4. The minimum absolute atomic E-state index is 0.223. The van der Waals surface area contributed by atoms with Crippen LogP contribution in [0.15, 0.2) is 12.1 Å². The fourth-order valence-electron chi connectivity index (χ4n) is 1.69. The van der Waals surface area contributed by atoms with E-state index < -0.39 is 12.1 Å². The normalized spacial score (nSPS) is 13.9. The van der Waals surface area contributed by atoms with Gasteiger partial charge in [0.05, 0.1) is 39.5 Å². The smallest absolute Gasteiger partial charge is 0.131 e. The second-order valence-corrected chi connectivity index (χ2v) is 3.82. The highest BCUT2D eigenvalue weighted by atomic mass is 16.5. The Morgan fingerprint density at radius 2 is 1.56 bits per heavy atom. The van der Waals surface area contributed by atoms with Gasteiger partial charge < -0.3 is 30.8 Å². The van der Waals surface area contributed by atoms with Crippen molar-refractivity contribution in [1.29, 1.82) is 0 Å². The van der Waals surface area contributed by atoms with Crippen molar-refractivity contribution in [3.63, 3.8) is 0 Å². The van der Waals surface area contributed by atoms with Crippen LogP contribution in [0.2, 0.25) is 0 Å². The van der Waals surface area contributed by atoms with Crippen molar-refractivity contribution < 1.29 is 19.3 Å². The van der Waals surface area contributed by atoms with Crippen LogP contribution in [0.4, 0.5) is 0 Å². The van der Waals surface area contributed by atoms with E-state index in [4.69, 9.17) is 30.8 Å². The van der Waals surface area contributed by atoms with Crippen molar-refractivity contribution in [3.05, 3.63) is 17.7 Å². The minimum Gasteiger partial charge on any atom is -0.496 e. The molecule has 0 aliphatic heterocycles. The van der Waals surface area contributed by atoms with Crippen LogP contribution in [0.5, 0.6) is 17.2 Å². The monoisotopic (exact) mass is 256 g/mol. The zero-order valence-corrected chi connectivity index (χ0v) is 10.8. The molecule has 6 heteroatoms. The molecular weight excluding hydrogens is 236 g/mol. The van der Waals surface area contributed by atoms with E-state index in [-0.39, 0.29) is 6.61 Å². The lowest BCUT2D eigenvalue weighted by Gasteiger charge is -2.23. The van der Waals surface area contributed by atoms with Gasteiger partial charge in [0, 0.05) is 18.2 Å². The summed E-state index contributed by atoms with van der Waals surface area (Å²) in [7, 11) is 4.59. The van der Waals surface area contributed by atoms with Crippen LogP contribution in [0.3, 0.4) is 0 Å². The van der Waals surface area contributed by atoms with Crippen molar-refractivity contribution >= 4 is 0 Å². The summed E-state index contributed by atoms with van der Waals surface area (Å²) >= 11 is 0. The molecule has 0 radical (unpaired) electrons. The maximum absolute atomic E-state index is 9.08. The number of benzene rings is 1. The fourth-order valence-corrected chi connectivity index (χ4v) is 1.69. The van der Waals surface area contributed by atoms with Gasteiger partial charge in [-0.15, -0.1) is 0 Å². The van der Waals surface area contributed by atoms with E-state index in [1.54, 1.807) is 19.2 Å². The molecule has 102 valence electrons. The predicted molar refractivity (Wildman–Crippen MR) is 68.1 cm³/mol. The second kappa shape index (κ2) is 6.44. The maximum atomic E-state index is 9.08. The lowest BCUT2D eigenvalue weighted by molar-refractivity contribution is 0.246. The third-order valence-corrected chi connectivity index (χ3v) is 2.76. The number of aliphatic hydroxyl groups is 1. The van der Waals surface area contributed by atoms with Gasteiger partial charge in [-0.25, -0.2) is 0 Å². The van der Waals surface area contributed by atoms with Crippen molar-refractivity contribution in [3.8, 4) is 17.2 Å². The number of ether oxygens (including phenoxy) is 3. The molecule has 2 atom stereocenters. The lowest BCUT2D eigenvalue weighted by Crippen LogP contribution is -2.37. The number of rotatable bonds is 6. The van der Waals surface area contributed by atoms with E-state index >= 15 is 0 Å². The molecule has 0 spiro atoms. The maximum Gasteiger partial charge on any atom is 0.131 e. The van der Waals surface area contributed by atoms with Crippen LogP contribution in [0, 0.1) is 0 Å². The lowest BCUT2D eigenvalue weighted by atomic mass is 9.99. The molecule has 18 heavy (non-hydrogen) atoms. The second-order valence-electron chi connectivity index (χ2n) is 3.82. The summed E-state index contributed by atoms with van der Waals surface area (Å²) in [5, 5.41) is 9.08. The van der Waals surface area contributed by atoms with Gasteiger partial charge in [-0.3, -0.25) is 0 Å². The van der Waals surface area contributed by atoms with E-state index in [1.807, 2.05) is 0 Å². The van der Waals surface area contributed by atoms with E-state index in [0.717, 1.165) is 0 Å². The van der Waals surface area contributed by atoms with Gasteiger partial charge >= 0.3 is 0 Å². The van der Waals surface area contributed by atoms with Crippen LogP contribution in [0.1, 0.15) is 11.6 Å². The molecule has 1 aromatic rings. The van der Waals surface area contributed by atoms with E-state index in [1.165, 1.54) is 14.2 Å². The summed E-state index contributed by atoms with van der Waals surface area (Å²) < 4.78 is 15.7. The number of methoxy groups -OCH3 is 3. The molecule has 0 aromatic heterocycles. The molecule has 0 saturated carbocycles. The Morgan fingerprint density at radius 3 is 1.89 bits per heavy atom. The van der Waals surface area contributed by atoms with Gasteiger partial charge in [-0.2, -0.15) is 0 Å².